The van der Waals surface area contributed by atoms with E-state index in [1.54, 1.807) is 12.1 Å². The van der Waals surface area contributed by atoms with E-state index in [9.17, 15) is 5.21 Å². The van der Waals surface area contributed by atoms with Crippen LogP contribution in [0.25, 0.3) is 0 Å². The summed E-state index contributed by atoms with van der Waals surface area (Å²) in [5, 5.41) is 18.3. The van der Waals surface area contributed by atoms with Crippen LogP contribution in [0.3, 0.4) is 0 Å². The molecule has 0 saturated carbocycles. The third-order valence-electron chi connectivity index (χ3n) is 2.94. The van der Waals surface area contributed by atoms with Gasteiger partial charge in [0.05, 0.1) is 5.69 Å². The third-order valence-corrected chi connectivity index (χ3v) is 3.19. The Balaban J connectivity index is 2.47. The summed E-state index contributed by atoms with van der Waals surface area (Å²) in [7, 11) is 0. The van der Waals surface area contributed by atoms with Gasteiger partial charge < -0.3 is 10.9 Å². The summed E-state index contributed by atoms with van der Waals surface area (Å²) in [6.07, 6.45) is 1.16. The lowest BCUT2D eigenvalue weighted by atomic mass is 10.0. The van der Waals surface area contributed by atoms with E-state index < -0.39 is 0 Å². The topological polar surface area (TPSA) is 87.9 Å². The number of nitrogens with zero attached hydrogens (tertiary/aromatic N) is 2. The Labute approximate surface area is 115 Å². The van der Waals surface area contributed by atoms with Gasteiger partial charge in [-0.15, -0.1) is 4.73 Å². The molecule has 5 nitrogen and oxygen atoms in total. The second-order valence-electron chi connectivity index (χ2n) is 4.21. The molecule has 2 rings (SSSR count). The zero-order chi connectivity index (χ0) is 14.0. The number of aryl methyl sites for hydroxylation is 1. The van der Waals surface area contributed by atoms with Gasteiger partial charge in [-0.25, -0.2) is 4.98 Å². The number of nitrogens with two attached hydrogens (primary N) is 1. The van der Waals surface area contributed by atoms with Crippen molar-refractivity contribution >= 4 is 17.5 Å². The van der Waals surface area contributed by atoms with Gasteiger partial charge >= 0.3 is 0 Å². The highest BCUT2D eigenvalue weighted by Crippen LogP contribution is 2.14. The average molecular weight is 279 g/mol. The first-order chi connectivity index (χ1) is 9.02. The van der Waals surface area contributed by atoms with Crippen molar-refractivity contribution in [3.8, 4) is 0 Å². The lowest BCUT2D eigenvalue weighted by Gasteiger charge is -2.11. The Kier molecular flexibility index (Phi) is 3.76. The van der Waals surface area contributed by atoms with E-state index in [0.29, 0.717) is 28.2 Å². The van der Waals surface area contributed by atoms with Crippen molar-refractivity contribution in [3.63, 3.8) is 0 Å². The largest absolute Gasteiger partial charge is 0.423 e. The first kappa shape index (κ1) is 13.4. The van der Waals surface area contributed by atoms with Crippen LogP contribution in [0.5, 0.6) is 0 Å². The van der Waals surface area contributed by atoms with Gasteiger partial charge in [0.25, 0.3) is 0 Å². The molecule has 1 aromatic heterocycles. The lowest BCUT2D eigenvalue weighted by molar-refractivity contribution is 0.172. The van der Waals surface area contributed by atoms with Crippen LogP contribution in [0.2, 0.25) is 5.02 Å². The van der Waals surface area contributed by atoms with Crippen molar-refractivity contribution < 1.29 is 5.21 Å². The van der Waals surface area contributed by atoms with Gasteiger partial charge in [-0.1, -0.05) is 30.7 Å². The minimum Gasteiger partial charge on any atom is -0.423 e. The van der Waals surface area contributed by atoms with Crippen LogP contribution in [0.4, 0.5) is 5.95 Å². The van der Waals surface area contributed by atoms with E-state index in [0.717, 1.165) is 11.3 Å². The molecule has 0 spiro atoms. The number of nitrogens with one attached hydrogen (secondary N) is 1. The number of nitrogen functional groups attached to an aromatic ring is 1. The Morgan fingerprint density at radius 2 is 2.00 bits per heavy atom. The number of rotatable bonds is 3. The van der Waals surface area contributed by atoms with Crippen LogP contribution in [0.1, 0.15) is 23.7 Å². The van der Waals surface area contributed by atoms with Crippen LogP contribution in [-0.2, 0) is 12.8 Å². The zero-order valence-electron chi connectivity index (χ0n) is 10.5. The number of anilines is 1. The van der Waals surface area contributed by atoms with E-state index in [-0.39, 0.29) is 11.4 Å². The molecule has 2 aromatic rings. The molecule has 0 unspecified atom stereocenters. The molecule has 0 aliphatic carbocycles. The van der Waals surface area contributed by atoms with Crippen molar-refractivity contribution in [2.45, 2.75) is 19.8 Å². The Hall–Kier alpha value is -2.01. The molecule has 6 heteroatoms. The second kappa shape index (κ2) is 5.32. The van der Waals surface area contributed by atoms with Gasteiger partial charge in [0, 0.05) is 17.0 Å². The highest BCUT2D eigenvalue weighted by molar-refractivity contribution is 6.30. The van der Waals surface area contributed by atoms with E-state index >= 15 is 0 Å². The Morgan fingerprint density at radius 1 is 1.37 bits per heavy atom. The van der Waals surface area contributed by atoms with E-state index in [2.05, 4.69) is 4.98 Å². The van der Waals surface area contributed by atoms with Gasteiger partial charge in [0.15, 0.2) is 5.49 Å². The molecule has 0 aliphatic rings. The van der Waals surface area contributed by atoms with Gasteiger partial charge in [0.1, 0.15) is 0 Å². The smallest absolute Gasteiger partial charge is 0.236 e. The molecule has 100 valence electrons. The Bertz CT molecular complexity index is 649. The molecular weight excluding hydrogens is 264 g/mol. The molecule has 0 saturated heterocycles. The molecule has 1 heterocycles. The highest BCUT2D eigenvalue weighted by atomic mass is 35.5. The molecular formula is C13H15ClN4O. The molecule has 19 heavy (non-hydrogen) atoms. The van der Waals surface area contributed by atoms with Crippen LogP contribution >= 0.6 is 11.6 Å². The fourth-order valence-electron chi connectivity index (χ4n) is 1.92. The minimum atomic E-state index is -0.0679. The van der Waals surface area contributed by atoms with Crippen LogP contribution in [0.15, 0.2) is 24.3 Å². The summed E-state index contributed by atoms with van der Waals surface area (Å²) < 4.78 is 0.602. The highest BCUT2D eigenvalue weighted by Gasteiger charge is 2.11. The molecule has 0 fully saturated rings. The first-order valence-corrected chi connectivity index (χ1v) is 6.29. The number of hydrogen-bond donors (Lipinski definition) is 3. The fourth-order valence-corrected chi connectivity index (χ4v) is 2.04. The third kappa shape index (κ3) is 2.71. The van der Waals surface area contributed by atoms with Gasteiger partial charge in [-0.2, -0.15) is 0 Å². The summed E-state index contributed by atoms with van der Waals surface area (Å²) in [4.78, 5) is 4.11. The van der Waals surface area contributed by atoms with Crippen LogP contribution < -0.4 is 11.2 Å². The van der Waals surface area contributed by atoms with E-state index in [4.69, 9.17) is 22.7 Å². The average Bonchev–Trinajstić information content (AvgIpc) is 2.41. The molecule has 0 bridgehead atoms. The zero-order valence-corrected chi connectivity index (χ0v) is 11.3. The molecule has 0 atom stereocenters. The minimum absolute atomic E-state index is 0.0284. The molecule has 4 N–H and O–H groups in total. The maximum atomic E-state index is 9.65. The molecule has 0 amide bonds. The predicted molar refractivity (Wildman–Crippen MR) is 73.3 cm³/mol. The number of aromatic nitrogens is 2. The van der Waals surface area contributed by atoms with Crippen molar-refractivity contribution in [2.75, 3.05) is 5.73 Å². The lowest BCUT2D eigenvalue weighted by Crippen LogP contribution is -2.28. The summed E-state index contributed by atoms with van der Waals surface area (Å²) in [6, 6.07) is 7.37. The van der Waals surface area contributed by atoms with Crippen molar-refractivity contribution in [3.05, 3.63) is 51.6 Å². The van der Waals surface area contributed by atoms with Crippen LogP contribution in [-0.4, -0.2) is 14.9 Å². The monoisotopic (exact) mass is 278 g/mol. The summed E-state index contributed by atoms with van der Waals surface area (Å²) >= 11 is 5.84. The van der Waals surface area contributed by atoms with E-state index in [1.807, 2.05) is 19.1 Å². The predicted octanol–water partition coefficient (Wildman–Crippen LogP) is 1.99. The first-order valence-electron chi connectivity index (χ1n) is 5.91. The van der Waals surface area contributed by atoms with Gasteiger partial charge in [-0.3, -0.25) is 5.41 Å². The van der Waals surface area contributed by atoms with Gasteiger partial charge in [-0.05, 0) is 24.1 Å². The number of benzene rings is 1. The standard InChI is InChI=1S/C13H15ClN4O/c1-2-11-10(12(15)18(19)13(16)17-11)7-8-3-5-9(14)6-4-8/h3-6,15,19H,2,7H2,1H3,(H2,16,17). The quantitative estimate of drug-likeness (QED) is 0.750. The second-order valence-corrected chi connectivity index (χ2v) is 4.65. The normalized spacial score (nSPS) is 10.6. The summed E-state index contributed by atoms with van der Waals surface area (Å²) in [5.41, 5.74) is 7.91. The van der Waals surface area contributed by atoms with Crippen molar-refractivity contribution in [2.24, 2.45) is 0 Å². The van der Waals surface area contributed by atoms with E-state index in [1.165, 1.54) is 0 Å². The molecule has 0 radical (unpaired) electrons. The van der Waals surface area contributed by atoms with Crippen molar-refractivity contribution in [1.29, 1.82) is 5.41 Å². The number of hydrogen-bond acceptors (Lipinski definition) is 4. The maximum Gasteiger partial charge on any atom is 0.236 e. The van der Waals surface area contributed by atoms with Crippen molar-refractivity contribution in [1.82, 2.24) is 9.71 Å². The number of halogens is 1. The van der Waals surface area contributed by atoms with Gasteiger partial charge in [0.2, 0.25) is 5.95 Å². The molecule has 1 aromatic carbocycles. The maximum absolute atomic E-state index is 9.65. The Morgan fingerprint density at radius 3 is 2.58 bits per heavy atom. The SMILES string of the molecule is CCc1nc(N)n(O)c(=N)c1Cc1ccc(Cl)cc1. The van der Waals surface area contributed by atoms with Crippen LogP contribution in [0, 0.1) is 5.41 Å². The summed E-state index contributed by atoms with van der Waals surface area (Å²) in [5.74, 6) is -0.0679. The fraction of sp³-hybridized carbons (Fsp3) is 0.231. The molecule has 0 aliphatic heterocycles. The summed E-state index contributed by atoms with van der Waals surface area (Å²) in [6.45, 7) is 1.94.